The van der Waals surface area contributed by atoms with Gasteiger partial charge in [0, 0.05) is 28.7 Å². The average Bonchev–Trinajstić information content (AvgIpc) is 3.21. The van der Waals surface area contributed by atoms with E-state index in [1.54, 1.807) is 30.1 Å². The molecule has 9 heteroatoms. The first-order chi connectivity index (χ1) is 17.8. The molecule has 0 bridgehead atoms. The number of anilines is 1. The van der Waals surface area contributed by atoms with Crippen LogP contribution in [0.5, 0.6) is 17.4 Å². The molecule has 1 aromatic heterocycles. The molecule has 1 amide bonds. The Morgan fingerprint density at radius 2 is 1.70 bits per heavy atom. The molecule has 2 N–H and O–H groups in total. The van der Waals surface area contributed by atoms with Crippen LogP contribution in [-0.2, 0) is 4.79 Å². The first kappa shape index (κ1) is 24.4. The van der Waals surface area contributed by atoms with Crippen molar-refractivity contribution in [2.24, 2.45) is 4.99 Å². The van der Waals surface area contributed by atoms with E-state index in [0.717, 1.165) is 11.1 Å². The third kappa shape index (κ3) is 5.02. The maximum absolute atomic E-state index is 12.4. The minimum absolute atomic E-state index is 0.0188. The summed E-state index contributed by atoms with van der Waals surface area (Å²) in [5.74, 6) is 1.06. The molecule has 0 saturated carbocycles. The summed E-state index contributed by atoms with van der Waals surface area (Å²) in [6.45, 7) is 0.309. The van der Waals surface area contributed by atoms with E-state index in [0.29, 0.717) is 51.1 Å². The quantitative estimate of drug-likeness (QED) is 0.332. The standard InChI is InChI=1S/C28H25ClN4O4/c1-32(2)16-25(34)33(3)20-8-6-19(7-9-20)30-27(17-4-11-23-24(14-17)37-13-12-36-23)26-21-10-5-18(29)15-22(21)31-28(26)35/h4-15,31,35H,16H2,1-3H3. The molecule has 1 aliphatic heterocycles. The highest BCUT2D eigenvalue weighted by atomic mass is 35.5. The number of aromatic hydroxyl groups is 1. The molecule has 4 aromatic rings. The summed E-state index contributed by atoms with van der Waals surface area (Å²) in [5, 5.41) is 12.2. The number of fused-ring (bicyclic) bond motifs is 2. The Morgan fingerprint density at radius 1 is 0.973 bits per heavy atom. The fraction of sp³-hybridized carbons (Fsp3) is 0.143. The molecule has 188 valence electrons. The number of rotatable bonds is 6. The van der Waals surface area contributed by atoms with Gasteiger partial charge in [0.2, 0.25) is 5.91 Å². The molecule has 5 rings (SSSR count). The van der Waals surface area contributed by atoms with Crippen molar-refractivity contribution in [1.29, 1.82) is 0 Å². The molecule has 3 aromatic carbocycles. The van der Waals surface area contributed by atoms with Crippen LogP contribution < -0.4 is 14.4 Å². The van der Waals surface area contributed by atoms with Crippen molar-refractivity contribution in [2.75, 3.05) is 32.6 Å². The van der Waals surface area contributed by atoms with Gasteiger partial charge in [-0.3, -0.25) is 4.79 Å². The second-order valence-corrected chi connectivity index (χ2v) is 9.31. The van der Waals surface area contributed by atoms with E-state index >= 15 is 0 Å². The van der Waals surface area contributed by atoms with Crippen molar-refractivity contribution in [3.63, 3.8) is 0 Å². The predicted octanol–water partition coefficient (Wildman–Crippen LogP) is 5.46. The van der Waals surface area contributed by atoms with E-state index in [4.69, 9.17) is 26.1 Å². The van der Waals surface area contributed by atoms with Crippen LogP contribution in [0.4, 0.5) is 11.4 Å². The van der Waals surface area contributed by atoms with E-state index in [1.165, 1.54) is 12.5 Å². The van der Waals surface area contributed by atoms with Crippen LogP contribution in [0.1, 0.15) is 11.1 Å². The molecule has 8 nitrogen and oxygen atoms in total. The van der Waals surface area contributed by atoms with E-state index in [9.17, 15) is 9.90 Å². The van der Waals surface area contributed by atoms with Gasteiger partial charge in [-0.15, -0.1) is 0 Å². The largest absolute Gasteiger partial charge is 0.494 e. The SMILES string of the molecule is CN(C)CC(=O)N(C)c1ccc(N=C(c2ccc3c(c2)OC=CO3)c2c(O)[nH]c3cc(Cl)ccc23)cc1. The van der Waals surface area contributed by atoms with Crippen LogP contribution >= 0.6 is 11.6 Å². The minimum atomic E-state index is -0.0311. The Morgan fingerprint density at radius 3 is 2.43 bits per heavy atom. The van der Waals surface area contributed by atoms with Crippen molar-refractivity contribution in [2.45, 2.75) is 0 Å². The lowest BCUT2D eigenvalue weighted by Gasteiger charge is -2.19. The monoisotopic (exact) mass is 516 g/mol. The number of nitrogens with zero attached hydrogens (tertiary/aromatic N) is 3. The second kappa shape index (κ2) is 10.0. The first-order valence-corrected chi connectivity index (χ1v) is 11.9. The maximum atomic E-state index is 12.4. The van der Waals surface area contributed by atoms with E-state index in [2.05, 4.69) is 4.98 Å². The first-order valence-electron chi connectivity index (χ1n) is 11.5. The van der Waals surface area contributed by atoms with Gasteiger partial charge in [0.25, 0.3) is 0 Å². The molecule has 37 heavy (non-hydrogen) atoms. The maximum Gasteiger partial charge on any atom is 0.240 e. The number of halogens is 1. The molecular weight excluding hydrogens is 492 g/mol. The number of H-pyrrole nitrogens is 1. The van der Waals surface area contributed by atoms with Crippen molar-refractivity contribution in [1.82, 2.24) is 9.88 Å². The molecular formula is C28H25ClN4O4. The number of ether oxygens (including phenoxy) is 2. The smallest absolute Gasteiger partial charge is 0.240 e. The normalized spacial score (nSPS) is 12.8. The van der Waals surface area contributed by atoms with Crippen molar-refractivity contribution >= 4 is 45.5 Å². The summed E-state index contributed by atoms with van der Waals surface area (Å²) in [6, 6.07) is 18.2. The second-order valence-electron chi connectivity index (χ2n) is 8.88. The third-order valence-corrected chi connectivity index (χ3v) is 6.18. The molecule has 2 heterocycles. The van der Waals surface area contributed by atoms with Gasteiger partial charge in [0.05, 0.1) is 29.0 Å². The number of carbonyl (C=O) groups excluding carboxylic acids is 1. The Kier molecular flexibility index (Phi) is 6.60. The number of nitrogens with one attached hydrogen (secondary N) is 1. The fourth-order valence-electron chi connectivity index (χ4n) is 4.11. The number of amides is 1. The summed E-state index contributed by atoms with van der Waals surface area (Å²) in [6.07, 6.45) is 2.93. The minimum Gasteiger partial charge on any atom is -0.494 e. The predicted molar refractivity (Wildman–Crippen MR) is 146 cm³/mol. The fourth-order valence-corrected chi connectivity index (χ4v) is 4.28. The van der Waals surface area contributed by atoms with Crippen LogP contribution in [-0.4, -0.2) is 54.3 Å². The lowest BCUT2D eigenvalue weighted by molar-refractivity contribution is -0.118. The van der Waals surface area contributed by atoms with Crippen LogP contribution in [0.25, 0.3) is 10.9 Å². The van der Waals surface area contributed by atoms with E-state index in [1.807, 2.05) is 61.5 Å². The Hall–Kier alpha value is -4.27. The van der Waals surface area contributed by atoms with Gasteiger partial charge in [0.1, 0.15) is 12.5 Å². The van der Waals surface area contributed by atoms with Crippen LogP contribution in [0.2, 0.25) is 5.02 Å². The number of aliphatic imine (C=N–C) groups is 1. The number of benzene rings is 3. The zero-order chi connectivity index (χ0) is 26.1. The van der Waals surface area contributed by atoms with Crippen molar-refractivity contribution in [3.05, 3.63) is 89.3 Å². The number of hydrogen-bond donors (Lipinski definition) is 2. The number of aromatic nitrogens is 1. The number of carbonyl (C=O) groups is 1. The van der Waals surface area contributed by atoms with Crippen LogP contribution in [0, 0.1) is 0 Å². The Balaban J connectivity index is 1.60. The van der Waals surface area contributed by atoms with E-state index in [-0.39, 0.29) is 11.8 Å². The highest BCUT2D eigenvalue weighted by Crippen LogP contribution is 2.36. The molecule has 0 atom stereocenters. The van der Waals surface area contributed by atoms with Gasteiger partial charge in [-0.1, -0.05) is 17.7 Å². The average molecular weight is 517 g/mol. The van der Waals surface area contributed by atoms with Gasteiger partial charge in [-0.2, -0.15) is 0 Å². The van der Waals surface area contributed by atoms with E-state index < -0.39 is 0 Å². The molecule has 1 aliphatic rings. The van der Waals surface area contributed by atoms with Gasteiger partial charge < -0.3 is 29.4 Å². The highest BCUT2D eigenvalue weighted by Gasteiger charge is 2.21. The number of likely N-dealkylation sites (N-methyl/N-ethyl adjacent to an activating group) is 2. The lowest BCUT2D eigenvalue weighted by atomic mass is 10.00. The third-order valence-electron chi connectivity index (χ3n) is 5.94. The molecule has 0 saturated heterocycles. The van der Waals surface area contributed by atoms with Gasteiger partial charge >= 0.3 is 0 Å². The topological polar surface area (TPSA) is 90.4 Å². The van der Waals surface area contributed by atoms with Crippen molar-refractivity contribution in [3.8, 4) is 17.4 Å². The van der Waals surface area contributed by atoms with Crippen LogP contribution in [0.15, 0.2) is 78.2 Å². The summed E-state index contributed by atoms with van der Waals surface area (Å²) >= 11 is 6.18. The summed E-state index contributed by atoms with van der Waals surface area (Å²) in [4.78, 5) is 23.8. The van der Waals surface area contributed by atoms with Gasteiger partial charge in [-0.05, 0) is 68.7 Å². The highest BCUT2D eigenvalue weighted by molar-refractivity contribution is 6.31. The lowest BCUT2D eigenvalue weighted by Crippen LogP contribution is -2.34. The zero-order valence-electron chi connectivity index (χ0n) is 20.5. The molecule has 0 unspecified atom stereocenters. The molecule has 0 spiro atoms. The van der Waals surface area contributed by atoms with Gasteiger partial charge in [-0.25, -0.2) is 4.99 Å². The number of hydrogen-bond acceptors (Lipinski definition) is 6. The summed E-state index contributed by atoms with van der Waals surface area (Å²) in [7, 11) is 5.45. The van der Waals surface area contributed by atoms with Crippen LogP contribution in [0.3, 0.4) is 0 Å². The zero-order valence-corrected chi connectivity index (χ0v) is 21.3. The Bertz CT molecular complexity index is 1540. The number of aromatic amines is 1. The summed E-state index contributed by atoms with van der Waals surface area (Å²) in [5.41, 5.74) is 3.85. The van der Waals surface area contributed by atoms with Gasteiger partial charge in [0.15, 0.2) is 17.4 Å². The molecule has 0 fully saturated rings. The molecule has 0 radical (unpaired) electrons. The summed E-state index contributed by atoms with van der Waals surface area (Å²) < 4.78 is 11.1. The molecule has 0 aliphatic carbocycles. The Labute approximate surface area is 219 Å². The van der Waals surface area contributed by atoms with Crippen molar-refractivity contribution < 1.29 is 19.4 Å².